The van der Waals surface area contributed by atoms with Crippen molar-refractivity contribution in [1.82, 2.24) is 0 Å². The van der Waals surface area contributed by atoms with E-state index in [1.807, 2.05) is 6.07 Å². The number of aromatic hydroxyl groups is 1. The lowest BCUT2D eigenvalue weighted by Crippen LogP contribution is -2.08. The predicted octanol–water partition coefficient (Wildman–Crippen LogP) is 2.57. The number of hydrogen-bond acceptors (Lipinski definition) is 2. The molecule has 2 N–H and O–H groups in total. The number of hydrogen-bond donors (Lipinski definition) is 2. The van der Waals surface area contributed by atoms with Crippen molar-refractivity contribution in [2.45, 2.75) is 32.1 Å². The van der Waals surface area contributed by atoms with Crippen molar-refractivity contribution in [1.29, 1.82) is 0 Å². The molecule has 0 unspecified atom stereocenters. The maximum absolute atomic E-state index is 9.93. The number of aryl methyl sites for hydroxylation is 1. The van der Waals surface area contributed by atoms with Gasteiger partial charge in [-0.25, -0.2) is 0 Å². The number of benzene rings is 1. The van der Waals surface area contributed by atoms with Gasteiger partial charge in [0.1, 0.15) is 5.75 Å². The largest absolute Gasteiger partial charge is 0.506 e. The molecule has 3 heteroatoms. The molecule has 2 nitrogen and oxygen atoms in total. The zero-order chi connectivity index (χ0) is 10.8. The van der Waals surface area contributed by atoms with Gasteiger partial charge >= 0.3 is 0 Å². The van der Waals surface area contributed by atoms with E-state index in [1.165, 1.54) is 24.0 Å². The standard InChI is InChI=1S/C12H15BrO2/c13-11-7-8-3-1-2-4-9(8)10(5-6-14)12(11)15/h7,14-15H,1-6H2. The topological polar surface area (TPSA) is 40.5 Å². The molecule has 0 fully saturated rings. The van der Waals surface area contributed by atoms with E-state index in [-0.39, 0.29) is 6.61 Å². The Balaban J connectivity index is 2.52. The Labute approximate surface area is 98.1 Å². The zero-order valence-corrected chi connectivity index (χ0v) is 10.2. The first kappa shape index (κ1) is 11.0. The van der Waals surface area contributed by atoms with E-state index in [4.69, 9.17) is 5.11 Å². The van der Waals surface area contributed by atoms with Crippen LogP contribution in [0.1, 0.15) is 29.5 Å². The molecule has 0 saturated heterocycles. The van der Waals surface area contributed by atoms with Crippen molar-refractivity contribution in [2.24, 2.45) is 0 Å². The number of aliphatic hydroxyl groups is 1. The quantitative estimate of drug-likeness (QED) is 0.867. The first-order chi connectivity index (χ1) is 7.24. The minimum Gasteiger partial charge on any atom is -0.506 e. The van der Waals surface area contributed by atoms with E-state index < -0.39 is 0 Å². The van der Waals surface area contributed by atoms with Gasteiger partial charge in [0.05, 0.1) is 4.47 Å². The van der Waals surface area contributed by atoms with E-state index in [9.17, 15) is 5.11 Å². The molecule has 0 amide bonds. The highest BCUT2D eigenvalue weighted by Crippen LogP contribution is 2.36. The SMILES string of the molecule is OCCc1c(O)c(Br)cc2c1CCCC2. The summed E-state index contributed by atoms with van der Waals surface area (Å²) in [4.78, 5) is 0. The lowest BCUT2D eigenvalue weighted by molar-refractivity contribution is 0.296. The zero-order valence-electron chi connectivity index (χ0n) is 8.59. The molecule has 1 aromatic carbocycles. The maximum Gasteiger partial charge on any atom is 0.133 e. The van der Waals surface area contributed by atoms with E-state index in [1.54, 1.807) is 0 Å². The average Bonchev–Trinajstić information content (AvgIpc) is 2.25. The smallest absolute Gasteiger partial charge is 0.133 e. The Hall–Kier alpha value is -0.540. The number of halogens is 1. The minimum atomic E-state index is 0.0937. The Morgan fingerprint density at radius 2 is 2.00 bits per heavy atom. The van der Waals surface area contributed by atoms with Gasteiger partial charge in [0.15, 0.2) is 0 Å². The fourth-order valence-corrected chi connectivity index (χ4v) is 2.84. The third kappa shape index (κ3) is 2.04. The highest BCUT2D eigenvalue weighted by molar-refractivity contribution is 9.10. The Bertz CT molecular complexity index is 374. The van der Waals surface area contributed by atoms with Crippen LogP contribution in [0.25, 0.3) is 0 Å². The number of aliphatic hydroxyl groups excluding tert-OH is 1. The van der Waals surface area contributed by atoms with E-state index in [0.29, 0.717) is 12.2 Å². The molecule has 0 bridgehead atoms. The highest BCUT2D eigenvalue weighted by Gasteiger charge is 2.18. The molecule has 2 rings (SSSR count). The monoisotopic (exact) mass is 270 g/mol. The van der Waals surface area contributed by atoms with Gasteiger partial charge < -0.3 is 10.2 Å². The van der Waals surface area contributed by atoms with Gasteiger partial charge in [-0.2, -0.15) is 0 Å². The molecular formula is C12H15BrO2. The molecule has 0 aromatic heterocycles. The summed E-state index contributed by atoms with van der Waals surface area (Å²) in [6.07, 6.45) is 5.08. The first-order valence-electron chi connectivity index (χ1n) is 5.37. The highest BCUT2D eigenvalue weighted by atomic mass is 79.9. The van der Waals surface area contributed by atoms with Crippen molar-refractivity contribution in [3.05, 3.63) is 27.2 Å². The second-order valence-electron chi connectivity index (χ2n) is 4.00. The second kappa shape index (κ2) is 4.54. The van der Waals surface area contributed by atoms with Crippen molar-refractivity contribution in [2.75, 3.05) is 6.61 Å². The van der Waals surface area contributed by atoms with Crippen molar-refractivity contribution in [3.8, 4) is 5.75 Å². The summed E-state index contributed by atoms with van der Waals surface area (Å²) in [5.74, 6) is 0.310. The van der Waals surface area contributed by atoms with E-state index in [0.717, 1.165) is 22.9 Å². The average molecular weight is 271 g/mol. The Kier molecular flexibility index (Phi) is 3.32. The molecule has 0 heterocycles. The summed E-state index contributed by atoms with van der Waals surface area (Å²) in [6.45, 7) is 0.0937. The third-order valence-corrected chi connectivity index (χ3v) is 3.65. The molecule has 1 aliphatic rings. The van der Waals surface area contributed by atoms with Crippen LogP contribution in [0.15, 0.2) is 10.5 Å². The van der Waals surface area contributed by atoms with Crippen LogP contribution in [0, 0.1) is 0 Å². The van der Waals surface area contributed by atoms with Gasteiger partial charge in [0.2, 0.25) is 0 Å². The van der Waals surface area contributed by atoms with Crippen LogP contribution >= 0.6 is 15.9 Å². The fourth-order valence-electron chi connectivity index (χ4n) is 2.32. The molecule has 0 spiro atoms. The summed E-state index contributed by atoms with van der Waals surface area (Å²) >= 11 is 3.36. The molecule has 0 aliphatic heterocycles. The molecule has 0 atom stereocenters. The molecule has 82 valence electrons. The normalized spacial score (nSPS) is 15.1. The predicted molar refractivity (Wildman–Crippen MR) is 63.2 cm³/mol. The van der Waals surface area contributed by atoms with Gasteiger partial charge in [0, 0.05) is 12.2 Å². The van der Waals surface area contributed by atoms with E-state index in [2.05, 4.69) is 15.9 Å². The Morgan fingerprint density at radius 1 is 1.27 bits per heavy atom. The molecule has 0 radical (unpaired) electrons. The van der Waals surface area contributed by atoms with Gasteiger partial charge in [-0.05, 0) is 65.2 Å². The van der Waals surface area contributed by atoms with Crippen LogP contribution < -0.4 is 0 Å². The number of phenols is 1. The van der Waals surface area contributed by atoms with Crippen LogP contribution in [0.5, 0.6) is 5.75 Å². The third-order valence-electron chi connectivity index (χ3n) is 3.05. The summed E-state index contributed by atoms with van der Waals surface area (Å²) in [5.41, 5.74) is 3.52. The molecular weight excluding hydrogens is 256 g/mol. The van der Waals surface area contributed by atoms with Crippen molar-refractivity contribution >= 4 is 15.9 Å². The van der Waals surface area contributed by atoms with Crippen LogP contribution in [0.3, 0.4) is 0 Å². The van der Waals surface area contributed by atoms with Gasteiger partial charge in [0.25, 0.3) is 0 Å². The van der Waals surface area contributed by atoms with Gasteiger partial charge in [-0.3, -0.25) is 0 Å². The van der Waals surface area contributed by atoms with Gasteiger partial charge in [-0.1, -0.05) is 0 Å². The molecule has 0 saturated carbocycles. The lowest BCUT2D eigenvalue weighted by Gasteiger charge is -2.21. The summed E-state index contributed by atoms with van der Waals surface area (Å²) in [5, 5.41) is 18.9. The van der Waals surface area contributed by atoms with Crippen molar-refractivity contribution < 1.29 is 10.2 Å². The van der Waals surface area contributed by atoms with Crippen LogP contribution in [0.4, 0.5) is 0 Å². The molecule has 1 aliphatic carbocycles. The lowest BCUT2D eigenvalue weighted by atomic mass is 9.87. The summed E-state index contributed by atoms with van der Waals surface area (Å²) in [6, 6.07) is 2.02. The molecule has 1 aromatic rings. The number of phenolic OH excluding ortho intramolecular Hbond substituents is 1. The Morgan fingerprint density at radius 3 is 2.73 bits per heavy atom. The number of rotatable bonds is 2. The first-order valence-corrected chi connectivity index (χ1v) is 6.16. The summed E-state index contributed by atoms with van der Waals surface area (Å²) in [7, 11) is 0. The fraction of sp³-hybridized carbons (Fsp3) is 0.500. The van der Waals surface area contributed by atoms with Crippen LogP contribution in [-0.4, -0.2) is 16.8 Å². The summed E-state index contributed by atoms with van der Waals surface area (Å²) < 4.78 is 0.756. The second-order valence-corrected chi connectivity index (χ2v) is 4.86. The minimum absolute atomic E-state index is 0.0937. The van der Waals surface area contributed by atoms with Crippen molar-refractivity contribution in [3.63, 3.8) is 0 Å². The molecule has 15 heavy (non-hydrogen) atoms. The number of fused-ring (bicyclic) bond motifs is 1. The maximum atomic E-state index is 9.93. The van der Waals surface area contributed by atoms with Gasteiger partial charge in [-0.15, -0.1) is 0 Å². The van der Waals surface area contributed by atoms with Crippen LogP contribution in [-0.2, 0) is 19.3 Å². The van der Waals surface area contributed by atoms with Crippen LogP contribution in [0.2, 0.25) is 0 Å². The van der Waals surface area contributed by atoms with E-state index >= 15 is 0 Å².